The molecule has 0 bridgehead atoms. The highest BCUT2D eigenvalue weighted by Gasteiger charge is 2.52. The summed E-state index contributed by atoms with van der Waals surface area (Å²) in [4.78, 5) is 2.68. The van der Waals surface area contributed by atoms with Crippen LogP contribution in [0.1, 0.15) is 74.9 Å². The van der Waals surface area contributed by atoms with E-state index < -0.39 is 0 Å². The average Bonchev–Trinajstić information content (AvgIpc) is 3.08. The Hall–Kier alpha value is -4.88. The van der Waals surface area contributed by atoms with Crippen molar-refractivity contribution in [3.63, 3.8) is 0 Å². The summed E-state index contributed by atoms with van der Waals surface area (Å²) >= 11 is 0. The molecule has 0 atom stereocenters. The molecule has 1 nitrogen and oxygen atoms in total. The van der Waals surface area contributed by atoms with E-state index in [0.717, 1.165) is 0 Å². The summed E-state index contributed by atoms with van der Waals surface area (Å²) < 4.78 is 0. The van der Waals surface area contributed by atoms with Crippen LogP contribution in [0.5, 0.6) is 0 Å². The molecule has 3 aliphatic heterocycles. The Labute approximate surface area is 273 Å². The molecule has 3 aliphatic rings. The number of rotatable bonds is 3. The van der Waals surface area contributed by atoms with Crippen LogP contribution in [-0.2, 0) is 16.2 Å². The van der Waals surface area contributed by atoms with Crippen LogP contribution in [0.15, 0.2) is 127 Å². The van der Waals surface area contributed by atoms with Crippen molar-refractivity contribution in [3.05, 3.63) is 161 Å². The lowest BCUT2D eigenvalue weighted by Crippen LogP contribution is -2.43. The fraction of sp³-hybridized carbons (Fsp3) is 0.200. The van der Waals surface area contributed by atoms with Gasteiger partial charge in [0.1, 0.15) is 0 Å². The van der Waals surface area contributed by atoms with Crippen LogP contribution < -0.4 is 4.90 Å². The zero-order valence-electron chi connectivity index (χ0n) is 27.6. The van der Waals surface area contributed by atoms with Gasteiger partial charge in [0.25, 0.3) is 0 Å². The van der Waals surface area contributed by atoms with Crippen molar-refractivity contribution in [2.24, 2.45) is 0 Å². The van der Waals surface area contributed by atoms with E-state index in [2.05, 4.69) is 174 Å². The number of hydrogen-bond donors (Lipinski definition) is 0. The zero-order valence-corrected chi connectivity index (χ0v) is 27.6. The molecule has 0 spiro atoms. The fourth-order valence-corrected chi connectivity index (χ4v) is 8.65. The molecule has 46 heavy (non-hydrogen) atoms. The quantitative estimate of drug-likeness (QED) is 0.197. The summed E-state index contributed by atoms with van der Waals surface area (Å²) in [5.74, 6) is 0. The topological polar surface area (TPSA) is 3.24 Å². The van der Waals surface area contributed by atoms with E-state index in [-0.39, 0.29) is 16.2 Å². The van der Waals surface area contributed by atoms with E-state index >= 15 is 0 Å². The van der Waals surface area contributed by atoms with Crippen molar-refractivity contribution >= 4 is 17.1 Å². The first-order valence-electron chi connectivity index (χ1n) is 16.6. The molecule has 0 radical (unpaired) electrons. The molecule has 0 saturated carbocycles. The highest BCUT2D eigenvalue weighted by Crippen LogP contribution is 2.67. The molecule has 6 aromatic rings. The molecule has 0 fully saturated rings. The van der Waals surface area contributed by atoms with Gasteiger partial charge in [-0.05, 0) is 103 Å². The normalized spacial score (nSPS) is 17.0. The highest BCUT2D eigenvalue weighted by atomic mass is 15.2. The monoisotopic (exact) mass is 593 g/mol. The second kappa shape index (κ2) is 9.10. The zero-order chi connectivity index (χ0) is 31.6. The van der Waals surface area contributed by atoms with E-state index in [4.69, 9.17) is 0 Å². The maximum Gasteiger partial charge on any atom is 0.0544 e. The third-order valence-corrected chi connectivity index (χ3v) is 11.4. The third kappa shape index (κ3) is 3.52. The van der Waals surface area contributed by atoms with Gasteiger partial charge in [-0.25, -0.2) is 0 Å². The summed E-state index contributed by atoms with van der Waals surface area (Å²) in [6, 6.07) is 47.7. The molecule has 0 saturated heterocycles. The minimum Gasteiger partial charge on any atom is -0.309 e. The van der Waals surface area contributed by atoms with E-state index in [1.165, 1.54) is 83.8 Å². The molecule has 0 amide bonds. The molecule has 9 rings (SSSR count). The van der Waals surface area contributed by atoms with Gasteiger partial charge in [-0.15, -0.1) is 0 Å². The minimum absolute atomic E-state index is 0.203. The summed E-state index contributed by atoms with van der Waals surface area (Å²) in [7, 11) is 0. The van der Waals surface area contributed by atoms with Crippen LogP contribution in [-0.4, -0.2) is 0 Å². The fourth-order valence-electron chi connectivity index (χ4n) is 8.65. The predicted molar refractivity (Wildman–Crippen MR) is 194 cm³/mol. The summed E-state index contributed by atoms with van der Waals surface area (Å²) in [5.41, 5.74) is 19.6. The third-order valence-electron chi connectivity index (χ3n) is 11.4. The summed E-state index contributed by atoms with van der Waals surface area (Å²) in [6.07, 6.45) is 0. The first kappa shape index (κ1) is 27.4. The highest BCUT2D eigenvalue weighted by molar-refractivity contribution is 6.01. The lowest BCUT2D eigenvalue weighted by atomic mass is 9.60. The van der Waals surface area contributed by atoms with Gasteiger partial charge in [-0.3, -0.25) is 0 Å². The van der Waals surface area contributed by atoms with Gasteiger partial charge in [0.05, 0.1) is 17.1 Å². The average molecular weight is 594 g/mol. The first-order valence-corrected chi connectivity index (χ1v) is 16.6. The SMILES string of the molecule is CC1(C)c2cc(-c3ccccc3)cc3c2N2c4c1cc(-c1ccccc1)cc4C(C)(C)c1cc(-c4ccccc4)cc(c12)C3(C)C. The van der Waals surface area contributed by atoms with Gasteiger partial charge >= 0.3 is 0 Å². The standard InChI is InChI=1S/C45H39N/c1-43(2)34-22-31(28-16-10-7-11-17-28)24-36-40(34)46-41-35(43)23-32(29-18-12-8-13-19-29)25-37(41)45(5,6)39-27-33(30-20-14-9-15-21-30)26-38(42(39)46)44(36,3)4/h7-27H,1-6H3. The van der Waals surface area contributed by atoms with Gasteiger partial charge < -0.3 is 4.90 Å². The first-order chi connectivity index (χ1) is 22.1. The van der Waals surface area contributed by atoms with Crippen LogP contribution in [0.4, 0.5) is 17.1 Å². The van der Waals surface area contributed by atoms with Gasteiger partial charge in [0.2, 0.25) is 0 Å². The van der Waals surface area contributed by atoms with Gasteiger partial charge in [0.15, 0.2) is 0 Å². The molecular weight excluding hydrogens is 555 g/mol. The van der Waals surface area contributed by atoms with Crippen molar-refractivity contribution in [3.8, 4) is 33.4 Å². The lowest BCUT2D eigenvalue weighted by Gasteiger charge is -2.55. The number of anilines is 3. The Morgan fingerprint density at radius 1 is 0.304 bits per heavy atom. The Bertz CT molecular complexity index is 1870. The molecule has 6 aromatic carbocycles. The van der Waals surface area contributed by atoms with Crippen LogP contribution in [0, 0.1) is 0 Å². The molecular formula is C45H39N. The van der Waals surface area contributed by atoms with Crippen LogP contribution in [0.2, 0.25) is 0 Å². The molecule has 1 heteroatoms. The Kier molecular flexibility index (Phi) is 5.43. The van der Waals surface area contributed by atoms with Gasteiger partial charge in [-0.1, -0.05) is 133 Å². The van der Waals surface area contributed by atoms with Crippen LogP contribution in [0.25, 0.3) is 33.4 Å². The van der Waals surface area contributed by atoms with Crippen molar-refractivity contribution in [1.82, 2.24) is 0 Å². The molecule has 0 unspecified atom stereocenters. The summed E-state index contributed by atoms with van der Waals surface area (Å²) in [5, 5.41) is 0. The maximum absolute atomic E-state index is 2.68. The van der Waals surface area contributed by atoms with Crippen molar-refractivity contribution in [1.29, 1.82) is 0 Å². The summed E-state index contributed by atoms with van der Waals surface area (Å²) in [6.45, 7) is 14.7. The van der Waals surface area contributed by atoms with E-state index in [0.29, 0.717) is 0 Å². The van der Waals surface area contributed by atoms with Gasteiger partial charge in [0, 0.05) is 16.2 Å². The Morgan fingerprint density at radius 3 is 0.739 bits per heavy atom. The number of hydrogen-bond acceptors (Lipinski definition) is 1. The van der Waals surface area contributed by atoms with Crippen LogP contribution in [0.3, 0.4) is 0 Å². The van der Waals surface area contributed by atoms with E-state index in [1.807, 2.05) is 0 Å². The number of benzene rings is 6. The van der Waals surface area contributed by atoms with Crippen molar-refractivity contribution in [2.75, 3.05) is 4.90 Å². The minimum atomic E-state index is -0.203. The molecule has 224 valence electrons. The maximum atomic E-state index is 2.68. The van der Waals surface area contributed by atoms with E-state index in [1.54, 1.807) is 0 Å². The number of nitrogens with zero attached hydrogens (tertiary/aromatic N) is 1. The second-order valence-electron chi connectivity index (χ2n) is 15.1. The predicted octanol–water partition coefficient (Wildman–Crippen LogP) is 12.1. The van der Waals surface area contributed by atoms with Crippen LogP contribution >= 0.6 is 0 Å². The Morgan fingerprint density at radius 2 is 0.522 bits per heavy atom. The van der Waals surface area contributed by atoms with Gasteiger partial charge in [-0.2, -0.15) is 0 Å². The van der Waals surface area contributed by atoms with Crippen molar-refractivity contribution in [2.45, 2.75) is 57.8 Å². The molecule has 0 aliphatic carbocycles. The molecule has 0 N–H and O–H groups in total. The Balaban J connectivity index is 1.45. The molecule has 0 aromatic heterocycles. The van der Waals surface area contributed by atoms with Crippen molar-refractivity contribution < 1.29 is 0 Å². The lowest BCUT2D eigenvalue weighted by molar-refractivity contribution is 0.567. The second-order valence-corrected chi connectivity index (χ2v) is 15.1. The largest absolute Gasteiger partial charge is 0.309 e. The smallest absolute Gasteiger partial charge is 0.0544 e. The van der Waals surface area contributed by atoms with E-state index in [9.17, 15) is 0 Å². The molecule has 3 heterocycles.